The van der Waals surface area contributed by atoms with E-state index in [1.54, 1.807) is 11.3 Å². The Kier molecular flexibility index (Phi) is 4.28. The molecule has 0 aromatic carbocycles. The molecule has 5 nitrogen and oxygen atoms in total. The molecule has 1 atom stereocenters. The first kappa shape index (κ1) is 13.7. The third-order valence-corrected chi connectivity index (χ3v) is 4.30. The van der Waals surface area contributed by atoms with Gasteiger partial charge in [-0.25, -0.2) is 4.98 Å². The Morgan fingerprint density at radius 3 is 2.89 bits per heavy atom. The van der Waals surface area contributed by atoms with E-state index in [0.29, 0.717) is 5.69 Å². The number of carbonyl (C=O) groups is 2. The van der Waals surface area contributed by atoms with Crippen molar-refractivity contribution in [2.75, 3.05) is 0 Å². The SMILES string of the molecule is C[C@H](NC(=O)Cc1csc(-c2cccs2)n1)C(=O)O. The van der Waals surface area contributed by atoms with Crippen molar-refractivity contribution < 1.29 is 14.7 Å². The summed E-state index contributed by atoms with van der Waals surface area (Å²) in [6.07, 6.45) is 0.0967. The van der Waals surface area contributed by atoms with Gasteiger partial charge in [0, 0.05) is 5.38 Å². The summed E-state index contributed by atoms with van der Waals surface area (Å²) in [6, 6.07) is 3.03. The minimum absolute atomic E-state index is 0.0967. The summed E-state index contributed by atoms with van der Waals surface area (Å²) in [6.45, 7) is 1.43. The van der Waals surface area contributed by atoms with Crippen LogP contribution in [0.1, 0.15) is 12.6 Å². The number of carbonyl (C=O) groups excluding carboxylic acids is 1. The molecule has 0 aliphatic heterocycles. The van der Waals surface area contributed by atoms with E-state index in [9.17, 15) is 9.59 Å². The van der Waals surface area contributed by atoms with E-state index in [2.05, 4.69) is 10.3 Å². The fourth-order valence-electron chi connectivity index (χ4n) is 1.42. The van der Waals surface area contributed by atoms with E-state index in [0.717, 1.165) is 9.88 Å². The Balaban J connectivity index is 1.97. The monoisotopic (exact) mass is 296 g/mol. The molecular weight excluding hydrogens is 284 g/mol. The molecular formula is C12H12N2O3S2. The van der Waals surface area contributed by atoms with Crippen LogP contribution in [0.4, 0.5) is 0 Å². The van der Waals surface area contributed by atoms with Crippen molar-refractivity contribution in [3.63, 3.8) is 0 Å². The molecule has 0 unspecified atom stereocenters. The van der Waals surface area contributed by atoms with E-state index in [4.69, 9.17) is 5.11 Å². The predicted octanol–water partition coefficient (Wildman–Crippen LogP) is 2.00. The molecule has 2 aromatic rings. The van der Waals surface area contributed by atoms with Gasteiger partial charge < -0.3 is 10.4 Å². The van der Waals surface area contributed by atoms with E-state index in [-0.39, 0.29) is 12.3 Å². The predicted molar refractivity (Wildman–Crippen MR) is 74.4 cm³/mol. The van der Waals surface area contributed by atoms with Crippen molar-refractivity contribution in [2.45, 2.75) is 19.4 Å². The number of thiophene rings is 1. The number of hydrogen-bond donors (Lipinski definition) is 2. The molecule has 0 saturated carbocycles. The number of hydrogen-bond acceptors (Lipinski definition) is 5. The molecule has 0 aliphatic rings. The fraction of sp³-hybridized carbons (Fsp3) is 0.250. The lowest BCUT2D eigenvalue weighted by atomic mass is 10.3. The molecule has 2 N–H and O–H groups in total. The van der Waals surface area contributed by atoms with Gasteiger partial charge in [0.05, 0.1) is 17.0 Å². The van der Waals surface area contributed by atoms with Crippen molar-refractivity contribution in [2.24, 2.45) is 0 Å². The highest BCUT2D eigenvalue weighted by molar-refractivity contribution is 7.20. The largest absolute Gasteiger partial charge is 0.480 e. The van der Waals surface area contributed by atoms with E-state index < -0.39 is 12.0 Å². The van der Waals surface area contributed by atoms with E-state index in [1.807, 2.05) is 22.9 Å². The first-order valence-corrected chi connectivity index (χ1v) is 7.32. The minimum atomic E-state index is -1.05. The second kappa shape index (κ2) is 5.94. The lowest BCUT2D eigenvalue weighted by molar-refractivity contribution is -0.141. The van der Waals surface area contributed by atoms with Crippen LogP contribution < -0.4 is 5.32 Å². The minimum Gasteiger partial charge on any atom is -0.480 e. The summed E-state index contributed by atoms with van der Waals surface area (Å²) >= 11 is 3.07. The molecule has 2 heterocycles. The zero-order valence-corrected chi connectivity index (χ0v) is 11.8. The summed E-state index contributed by atoms with van der Waals surface area (Å²) in [5, 5.41) is 15.8. The Labute approximate surface area is 117 Å². The molecule has 0 radical (unpaired) electrons. The van der Waals surface area contributed by atoms with E-state index >= 15 is 0 Å². The summed E-state index contributed by atoms with van der Waals surface area (Å²) < 4.78 is 0. The van der Waals surface area contributed by atoms with Crippen molar-refractivity contribution >= 4 is 34.6 Å². The van der Waals surface area contributed by atoms with Gasteiger partial charge in [0.15, 0.2) is 0 Å². The summed E-state index contributed by atoms with van der Waals surface area (Å²) in [4.78, 5) is 27.7. The smallest absolute Gasteiger partial charge is 0.325 e. The number of carboxylic acid groups (broad SMARTS) is 1. The maximum atomic E-state index is 11.6. The maximum absolute atomic E-state index is 11.6. The number of thiazole rings is 1. The van der Waals surface area contributed by atoms with Gasteiger partial charge in [-0.05, 0) is 18.4 Å². The maximum Gasteiger partial charge on any atom is 0.325 e. The van der Waals surface area contributed by atoms with Crippen LogP contribution in [0.25, 0.3) is 9.88 Å². The highest BCUT2D eigenvalue weighted by atomic mass is 32.1. The normalized spacial score (nSPS) is 12.1. The molecule has 0 spiro atoms. The Hall–Kier alpha value is -1.73. The molecule has 7 heteroatoms. The fourth-order valence-corrected chi connectivity index (χ4v) is 3.05. The first-order chi connectivity index (χ1) is 9.06. The van der Waals surface area contributed by atoms with Crippen LogP contribution in [-0.2, 0) is 16.0 Å². The summed E-state index contributed by atoms with van der Waals surface area (Å²) in [7, 11) is 0. The third kappa shape index (κ3) is 3.62. The number of aromatic nitrogens is 1. The van der Waals surface area contributed by atoms with Gasteiger partial charge in [0.25, 0.3) is 0 Å². The quantitative estimate of drug-likeness (QED) is 0.884. The average Bonchev–Trinajstić information content (AvgIpc) is 2.97. The van der Waals surface area contributed by atoms with Crippen molar-refractivity contribution in [3.05, 3.63) is 28.6 Å². The Morgan fingerprint density at radius 1 is 1.47 bits per heavy atom. The lowest BCUT2D eigenvalue weighted by Gasteiger charge is -2.07. The van der Waals surface area contributed by atoms with Crippen LogP contribution in [0.3, 0.4) is 0 Å². The second-order valence-electron chi connectivity index (χ2n) is 3.93. The van der Waals surface area contributed by atoms with Gasteiger partial charge in [0.1, 0.15) is 11.0 Å². The average molecular weight is 296 g/mol. The molecule has 2 aromatic heterocycles. The highest BCUT2D eigenvalue weighted by Gasteiger charge is 2.15. The molecule has 0 fully saturated rings. The molecule has 0 saturated heterocycles. The van der Waals surface area contributed by atoms with Gasteiger partial charge >= 0.3 is 5.97 Å². The topological polar surface area (TPSA) is 79.3 Å². The van der Waals surface area contributed by atoms with Crippen LogP contribution in [-0.4, -0.2) is 28.0 Å². The molecule has 1 amide bonds. The number of rotatable bonds is 5. The Morgan fingerprint density at radius 2 is 2.26 bits per heavy atom. The standard InChI is InChI=1S/C12H12N2O3S2/c1-7(12(16)17)13-10(15)5-8-6-19-11(14-8)9-3-2-4-18-9/h2-4,6-7H,5H2,1H3,(H,13,15)(H,16,17)/t7-/m0/s1. The number of amides is 1. The van der Waals surface area contributed by atoms with Crippen molar-refractivity contribution in [1.29, 1.82) is 0 Å². The zero-order chi connectivity index (χ0) is 13.8. The lowest BCUT2D eigenvalue weighted by Crippen LogP contribution is -2.39. The van der Waals surface area contributed by atoms with Crippen LogP contribution >= 0.6 is 22.7 Å². The number of carboxylic acids is 1. The van der Waals surface area contributed by atoms with Gasteiger partial charge in [-0.15, -0.1) is 22.7 Å². The van der Waals surface area contributed by atoms with E-state index in [1.165, 1.54) is 18.3 Å². The van der Waals surface area contributed by atoms with Gasteiger partial charge in [-0.3, -0.25) is 9.59 Å². The number of aliphatic carboxylic acids is 1. The molecule has 0 aliphatic carbocycles. The summed E-state index contributed by atoms with van der Waals surface area (Å²) in [5.41, 5.74) is 0.656. The van der Waals surface area contributed by atoms with Crippen LogP contribution in [0, 0.1) is 0 Å². The first-order valence-electron chi connectivity index (χ1n) is 5.56. The molecule has 0 bridgehead atoms. The van der Waals surface area contributed by atoms with Gasteiger partial charge in [0.2, 0.25) is 5.91 Å². The zero-order valence-electron chi connectivity index (χ0n) is 10.1. The summed E-state index contributed by atoms with van der Waals surface area (Å²) in [5.74, 6) is -1.39. The van der Waals surface area contributed by atoms with Gasteiger partial charge in [-0.2, -0.15) is 0 Å². The van der Waals surface area contributed by atoms with Crippen molar-refractivity contribution in [3.8, 4) is 9.88 Å². The van der Waals surface area contributed by atoms with Gasteiger partial charge in [-0.1, -0.05) is 6.07 Å². The van der Waals surface area contributed by atoms with Crippen LogP contribution in [0.2, 0.25) is 0 Å². The van der Waals surface area contributed by atoms with Crippen LogP contribution in [0.5, 0.6) is 0 Å². The number of nitrogens with one attached hydrogen (secondary N) is 1. The van der Waals surface area contributed by atoms with Crippen LogP contribution in [0.15, 0.2) is 22.9 Å². The molecule has 100 valence electrons. The molecule has 19 heavy (non-hydrogen) atoms. The third-order valence-electron chi connectivity index (χ3n) is 2.37. The number of nitrogens with zero attached hydrogens (tertiary/aromatic N) is 1. The van der Waals surface area contributed by atoms with Crippen molar-refractivity contribution in [1.82, 2.24) is 10.3 Å². The second-order valence-corrected chi connectivity index (χ2v) is 5.73. The molecule has 2 rings (SSSR count). The highest BCUT2D eigenvalue weighted by Crippen LogP contribution is 2.27. The Bertz CT molecular complexity index is 578.